The molecule has 2 N–H and O–H groups in total. The van der Waals surface area contributed by atoms with E-state index in [-0.39, 0.29) is 24.1 Å². The number of hydrogen-bond donors (Lipinski definition) is 2. The fourth-order valence-electron chi connectivity index (χ4n) is 2.77. The van der Waals surface area contributed by atoms with E-state index in [1.54, 1.807) is 26.8 Å². The Morgan fingerprint density at radius 1 is 1.29 bits per heavy atom. The van der Waals surface area contributed by atoms with Gasteiger partial charge in [-0.15, -0.1) is 0 Å². The van der Waals surface area contributed by atoms with Crippen molar-refractivity contribution < 1.29 is 18.7 Å². The minimum absolute atomic E-state index is 0.00784. The maximum absolute atomic E-state index is 13.7. The minimum Gasteiger partial charge on any atom is -0.456 e. The van der Waals surface area contributed by atoms with Gasteiger partial charge in [0.2, 0.25) is 0 Å². The third-order valence-corrected chi connectivity index (χ3v) is 4.26. The number of aryl methyl sites for hydroxylation is 2. The molecule has 146 valence electrons. The molecule has 0 spiro atoms. The molecule has 28 heavy (non-hydrogen) atoms. The Morgan fingerprint density at radius 3 is 2.64 bits per heavy atom. The highest BCUT2D eigenvalue weighted by molar-refractivity contribution is 5.92. The quantitative estimate of drug-likeness (QED) is 0.742. The van der Waals surface area contributed by atoms with Crippen LogP contribution in [0.2, 0.25) is 0 Å². The summed E-state index contributed by atoms with van der Waals surface area (Å²) in [6.45, 7) is 4.51. The van der Waals surface area contributed by atoms with E-state index in [2.05, 4.69) is 10.3 Å². The highest BCUT2D eigenvalue weighted by Gasteiger charge is 2.15. The van der Waals surface area contributed by atoms with Gasteiger partial charge in [0.25, 0.3) is 11.5 Å². The zero-order valence-electron chi connectivity index (χ0n) is 15.8. The Labute approximate surface area is 161 Å². The molecule has 1 aromatic carbocycles. The van der Waals surface area contributed by atoms with Crippen molar-refractivity contribution in [3.63, 3.8) is 0 Å². The average molecular weight is 385 g/mol. The maximum Gasteiger partial charge on any atom is 0.306 e. The molecule has 0 fully saturated rings. The van der Waals surface area contributed by atoms with Crippen LogP contribution in [0.3, 0.4) is 0 Å². The van der Waals surface area contributed by atoms with Crippen LogP contribution in [0.15, 0.2) is 23.0 Å². The summed E-state index contributed by atoms with van der Waals surface area (Å²) in [5.41, 5.74) is 2.03. The number of nitriles is 1. The number of benzene rings is 1. The summed E-state index contributed by atoms with van der Waals surface area (Å²) in [6, 6.07) is 6.21. The number of aromatic nitrogens is 1. The number of pyridine rings is 1. The Balaban J connectivity index is 1.91. The first-order valence-corrected chi connectivity index (χ1v) is 8.57. The monoisotopic (exact) mass is 385 g/mol. The molecule has 1 heterocycles. The van der Waals surface area contributed by atoms with E-state index in [4.69, 9.17) is 10.00 Å². The second-order valence-electron chi connectivity index (χ2n) is 6.36. The number of hydrogen-bond acceptors (Lipinski definition) is 5. The van der Waals surface area contributed by atoms with Gasteiger partial charge in [-0.1, -0.05) is 6.07 Å². The summed E-state index contributed by atoms with van der Waals surface area (Å²) in [5.74, 6) is -1.85. The first-order chi connectivity index (χ1) is 13.2. The summed E-state index contributed by atoms with van der Waals surface area (Å²) < 4.78 is 18.6. The number of esters is 1. The van der Waals surface area contributed by atoms with E-state index in [1.165, 1.54) is 12.1 Å². The van der Waals surface area contributed by atoms with Crippen LogP contribution in [-0.4, -0.2) is 23.5 Å². The third kappa shape index (κ3) is 5.04. The van der Waals surface area contributed by atoms with Crippen LogP contribution in [0.4, 0.5) is 10.1 Å². The number of nitrogens with zero attached hydrogens (tertiary/aromatic N) is 1. The van der Waals surface area contributed by atoms with Gasteiger partial charge in [-0.05, 0) is 56.0 Å². The van der Waals surface area contributed by atoms with Crippen LogP contribution >= 0.6 is 0 Å². The maximum atomic E-state index is 13.7. The molecule has 0 saturated heterocycles. The molecule has 7 nitrogen and oxygen atoms in total. The SMILES string of the molecule is Cc1ccc(NC(=O)COC(=O)CCc2c(C)[nH]c(=O)c(C#N)c2C)c(F)c1. The zero-order chi connectivity index (χ0) is 20.8. The van der Waals surface area contributed by atoms with E-state index in [0.717, 1.165) is 0 Å². The van der Waals surface area contributed by atoms with Crippen molar-refractivity contribution in [2.45, 2.75) is 33.6 Å². The van der Waals surface area contributed by atoms with Crippen molar-refractivity contribution >= 4 is 17.6 Å². The largest absolute Gasteiger partial charge is 0.456 e. The Bertz CT molecular complexity index is 1020. The standard InChI is InChI=1S/C20H20FN3O4/c1-11-4-6-17(16(21)8-11)24-18(25)10-28-19(26)7-5-14-12(2)15(9-22)20(27)23-13(14)3/h4,6,8H,5,7,10H2,1-3H3,(H,23,27)(H,24,25). The highest BCUT2D eigenvalue weighted by atomic mass is 19.1. The van der Waals surface area contributed by atoms with E-state index < -0.39 is 29.9 Å². The van der Waals surface area contributed by atoms with E-state index in [1.807, 2.05) is 6.07 Å². The Hall–Kier alpha value is -3.47. The lowest BCUT2D eigenvalue weighted by atomic mass is 9.99. The lowest BCUT2D eigenvalue weighted by Gasteiger charge is -2.11. The predicted octanol–water partition coefficient (Wildman–Crippen LogP) is 2.43. The highest BCUT2D eigenvalue weighted by Crippen LogP contribution is 2.16. The Morgan fingerprint density at radius 2 is 2.00 bits per heavy atom. The van der Waals surface area contributed by atoms with Gasteiger partial charge >= 0.3 is 5.97 Å². The minimum atomic E-state index is -0.653. The lowest BCUT2D eigenvalue weighted by Crippen LogP contribution is -2.22. The first kappa shape index (κ1) is 20.8. The topological polar surface area (TPSA) is 112 Å². The van der Waals surface area contributed by atoms with Crippen molar-refractivity contribution in [3.8, 4) is 6.07 Å². The zero-order valence-corrected chi connectivity index (χ0v) is 15.8. The number of H-pyrrole nitrogens is 1. The summed E-state index contributed by atoms with van der Waals surface area (Å²) in [7, 11) is 0. The van der Waals surface area contributed by atoms with Crippen LogP contribution in [0, 0.1) is 37.9 Å². The molecule has 0 aliphatic heterocycles. The molecular weight excluding hydrogens is 365 g/mol. The summed E-state index contributed by atoms with van der Waals surface area (Å²) in [4.78, 5) is 38.0. The number of amides is 1. The van der Waals surface area contributed by atoms with E-state index in [9.17, 15) is 18.8 Å². The van der Waals surface area contributed by atoms with Crippen molar-refractivity contribution in [2.24, 2.45) is 0 Å². The number of nitrogens with one attached hydrogen (secondary N) is 2. The molecule has 0 aliphatic rings. The molecule has 1 amide bonds. The van der Waals surface area contributed by atoms with Crippen molar-refractivity contribution in [1.82, 2.24) is 4.98 Å². The number of anilines is 1. The lowest BCUT2D eigenvalue weighted by molar-refractivity contribution is -0.147. The molecule has 0 aliphatic carbocycles. The molecule has 0 unspecified atom stereocenters. The van der Waals surface area contributed by atoms with E-state index >= 15 is 0 Å². The Kier molecular flexibility index (Phi) is 6.66. The number of halogens is 1. The van der Waals surface area contributed by atoms with Gasteiger partial charge < -0.3 is 15.0 Å². The predicted molar refractivity (Wildman–Crippen MR) is 100 cm³/mol. The summed E-state index contributed by atoms with van der Waals surface area (Å²) >= 11 is 0. The van der Waals surface area contributed by atoms with Crippen LogP contribution in [0.1, 0.15) is 34.4 Å². The van der Waals surface area contributed by atoms with E-state index in [0.29, 0.717) is 22.4 Å². The molecular formula is C20H20FN3O4. The van der Waals surface area contributed by atoms with Crippen LogP contribution < -0.4 is 10.9 Å². The van der Waals surface area contributed by atoms with Crippen molar-refractivity contribution in [2.75, 3.05) is 11.9 Å². The number of aromatic amines is 1. The number of ether oxygens (including phenoxy) is 1. The third-order valence-electron chi connectivity index (χ3n) is 4.26. The van der Waals surface area contributed by atoms with Gasteiger partial charge in [0, 0.05) is 12.1 Å². The normalized spacial score (nSPS) is 10.2. The second-order valence-corrected chi connectivity index (χ2v) is 6.36. The van der Waals surface area contributed by atoms with Crippen LogP contribution in [0.25, 0.3) is 0 Å². The van der Waals surface area contributed by atoms with Gasteiger partial charge in [-0.2, -0.15) is 5.26 Å². The smallest absolute Gasteiger partial charge is 0.306 e. The molecule has 0 bridgehead atoms. The number of carbonyl (C=O) groups excluding carboxylic acids is 2. The fraction of sp³-hybridized carbons (Fsp3) is 0.300. The van der Waals surface area contributed by atoms with Crippen LogP contribution in [0.5, 0.6) is 0 Å². The van der Waals surface area contributed by atoms with Gasteiger partial charge in [-0.25, -0.2) is 4.39 Å². The summed E-state index contributed by atoms with van der Waals surface area (Å²) in [6.07, 6.45) is 0.209. The fourth-order valence-corrected chi connectivity index (χ4v) is 2.77. The molecule has 0 saturated carbocycles. The molecule has 8 heteroatoms. The van der Waals surface area contributed by atoms with Gasteiger partial charge in [0.05, 0.1) is 5.69 Å². The van der Waals surface area contributed by atoms with Gasteiger partial charge in [-0.3, -0.25) is 14.4 Å². The molecule has 1 aromatic heterocycles. The van der Waals surface area contributed by atoms with Crippen LogP contribution in [-0.2, 0) is 20.7 Å². The van der Waals surface area contributed by atoms with Gasteiger partial charge in [0.15, 0.2) is 6.61 Å². The van der Waals surface area contributed by atoms with Crippen molar-refractivity contribution in [1.29, 1.82) is 5.26 Å². The summed E-state index contributed by atoms with van der Waals surface area (Å²) in [5, 5.41) is 11.4. The molecule has 2 aromatic rings. The first-order valence-electron chi connectivity index (χ1n) is 8.57. The molecule has 2 rings (SSSR count). The molecule has 0 atom stereocenters. The van der Waals surface area contributed by atoms with Gasteiger partial charge in [0.1, 0.15) is 17.4 Å². The second kappa shape index (κ2) is 8.95. The van der Waals surface area contributed by atoms with Crippen molar-refractivity contribution in [3.05, 3.63) is 62.3 Å². The molecule has 0 radical (unpaired) electrons. The number of carbonyl (C=O) groups is 2. The number of rotatable bonds is 6. The average Bonchev–Trinajstić information content (AvgIpc) is 2.62.